The van der Waals surface area contributed by atoms with E-state index in [1.165, 1.54) is 12.1 Å². The minimum atomic E-state index is -4.73. The van der Waals surface area contributed by atoms with Crippen LogP contribution in [0.25, 0.3) is 0 Å². The Bertz CT molecular complexity index is 555. The quantitative estimate of drug-likeness (QED) is 0.823. The third kappa shape index (κ3) is 5.40. The monoisotopic (exact) mass is 344 g/mol. The number of alkyl halides is 3. The fourth-order valence-electron chi connectivity index (χ4n) is 2.94. The second-order valence-corrected chi connectivity index (χ2v) is 6.19. The topological polar surface area (TPSA) is 32.8 Å². The predicted molar refractivity (Wildman–Crippen MR) is 84.7 cm³/mol. The molecule has 7 heteroatoms. The minimum absolute atomic E-state index is 0.0497. The first-order valence-corrected chi connectivity index (χ1v) is 8.04. The van der Waals surface area contributed by atoms with Crippen LogP contribution in [0.5, 0.6) is 5.75 Å². The summed E-state index contributed by atoms with van der Waals surface area (Å²) >= 11 is 0. The van der Waals surface area contributed by atoms with Crippen LogP contribution in [0, 0.1) is 0 Å². The van der Waals surface area contributed by atoms with Crippen LogP contribution < -0.4 is 4.74 Å². The normalized spacial score (nSPS) is 16.9. The first-order chi connectivity index (χ1) is 11.3. The van der Waals surface area contributed by atoms with Crippen molar-refractivity contribution in [1.29, 1.82) is 0 Å². The lowest BCUT2D eigenvalue weighted by Crippen LogP contribution is -2.44. The first-order valence-electron chi connectivity index (χ1n) is 8.04. The third-order valence-corrected chi connectivity index (χ3v) is 4.44. The Morgan fingerprint density at radius 1 is 1.29 bits per heavy atom. The highest BCUT2D eigenvalue weighted by molar-refractivity contribution is 5.76. The minimum Gasteiger partial charge on any atom is -0.406 e. The van der Waals surface area contributed by atoms with Crippen LogP contribution in [0.4, 0.5) is 13.2 Å². The highest BCUT2D eigenvalue weighted by atomic mass is 19.4. The van der Waals surface area contributed by atoms with Crippen LogP contribution in [-0.4, -0.2) is 55.3 Å². The Morgan fingerprint density at radius 2 is 1.92 bits per heavy atom. The number of para-hydroxylation sites is 1. The van der Waals surface area contributed by atoms with Crippen molar-refractivity contribution in [2.75, 3.05) is 27.2 Å². The number of halogens is 3. The fourth-order valence-corrected chi connectivity index (χ4v) is 2.94. The number of aryl methyl sites for hydroxylation is 1. The number of likely N-dealkylation sites (tertiary alicyclic amines) is 1. The van der Waals surface area contributed by atoms with Crippen molar-refractivity contribution >= 4 is 5.91 Å². The molecule has 1 saturated heterocycles. The van der Waals surface area contributed by atoms with E-state index in [4.69, 9.17) is 0 Å². The highest BCUT2D eigenvalue weighted by Gasteiger charge is 2.32. The second kappa shape index (κ2) is 7.88. The molecule has 0 bridgehead atoms. The van der Waals surface area contributed by atoms with Crippen LogP contribution in [-0.2, 0) is 11.2 Å². The molecule has 0 saturated carbocycles. The average molecular weight is 344 g/mol. The number of benzene rings is 1. The summed E-state index contributed by atoms with van der Waals surface area (Å²) in [6.07, 6.45) is -2.49. The van der Waals surface area contributed by atoms with Gasteiger partial charge in [-0.2, -0.15) is 0 Å². The number of nitrogens with zero attached hydrogens (tertiary/aromatic N) is 2. The second-order valence-electron chi connectivity index (χ2n) is 6.19. The van der Waals surface area contributed by atoms with Gasteiger partial charge < -0.3 is 14.5 Å². The molecular formula is C17H23F3N2O2. The molecule has 0 aromatic heterocycles. The average Bonchev–Trinajstić information content (AvgIpc) is 2.52. The Balaban J connectivity index is 1.92. The molecule has 1 aromatic rings. The molecule has 1 heterocycles. The van der Waals surface area contributed by atoms with Gasteiger partial charge in [0, 0.05) is 19.5 Å². The Morgan fingerprint density at radius 3 is 2.54 bits per heavy atom. The summed E-state index contributed by atoms with van der Waals surface area (Å²) in [4.78, 5) is 16.3. The van der Waals surface area contributed by atoms with Gasteiger partial charge in [0.05, 0.1) is 0 Å². The number of hydrogen-bond acceptors (Lipinski definition) is 3. The largest absolute Gasteiger partial charge is 0.573 e. The van der Waals surface area contributed by atoms with E-state index >= 15 is 0 Å². The number of ether oxygens (including phenoxy) is 1. The smallest absolute Gasteiger partial charge is 0.406 e. The summed E-state index contributed by atoms with van der Waals surface area (Å²) < 4.78 is 41.3. The maximum atomic E-state index is 12.4. The molecule has 2 rings (SSSR count). The maximum absolute atomic E-state index is 12.4. The van der Waals surface area contributed by atoms with E-state index in [1.807, 2.05) is 0 Å². The van der Waals surface area contributed by atoms with Crippen molar-refractivity contribution in [1.82, 2.24) is 9.80 Å². The van der Waals surface area contributed by atoms with E-state index in [1.54, 1.807) is 24.1 Å². The molecule has 0 aliphatic carbocycles. The van der Waals surface area contributed by atoms with E-state index in [9.17, 15) is 18.0 Å². The lowest BCUT2D eigenvalue weighted by atomic mass is 10.0. The molecule has 4 nitrogen and oxygen atoms in total. The van der Waals surface area contributed by atoms with Gasteiger partial charge in [0.25, 0.3) is 0 Å². The Hall–Kier alpha value is -1.76. The molecule has 134 valence electrons. The van der Waals surface area contributed by atoms with Crippen LogP contribution in [0.1, 0.15) is 24.8 Å². The van der Waals surface area contributed by atoms with Gasteiger partial charge in [0.2, 0.25) is 5.91 Å². The molecule has 24 heavy (non-hydrogen) atoms. The molecule has 1 fully saturated rings. The molecule has 1 aromatic carbocycles. The number of carbonyl (C=O) groups is 1. The maximum Gasteiger partial charge on any atom is 0.573 e. The number of amides is 1. The molecule has 0 spiro atoms. The summed E-state index contributed by atoms with van der Waals surface area (Å²) in [5, 5.41) is 0. The molecule has 0 atom stereocenters. The molecule has 0 unspecified atom stereocenters. The summed E-state index contributed by atoms with van der Waals surface area (Å²) in [7, 11) is 3.83. The summed E-state index contributed by atoms with van der Waals surface area (Å²) in [6.45, 7) is 1.90. The van der Waals surface area contributed by atoms with Gasteiger partial charge in [-0.15, -0.1) is 13.2 Å². The fraction of sp³-hybridized carbons (Fsp3) is 0.588. The lowest BCUT2D eigenvalue weighted by molar-refractivity contribution is -0.274. The van der Waals surface area contributed by atoms with E-state index in [-0.39, 0.29) is 30.5 Å². The van der Waals surface area contributed by atoms with Crippen molar-refractivity contribution in [3.8, 4) is 5.75 Å². The summed E-state index contributed by atoms with van der Waals surface area (Å²) in [6, 6.07) is 6.16. The van der Waals surface area contributed by atoms with Crippen molar-refractivity contribution in [2.45, 2.75) is 38.1 Å². The highest BCUT2D eigenvalue weighted by Crippen LogP contribution is 2.27. The Labute approximate surface area is 140 Å². The van der Waals surface area contributed by atoms with E-state index in [0.717, 1.165) is 25.9 Å². The number of carbonyl (C=O) groups excluding carboxylic acids is 1. The SMILES string of the molecule is CN1CCC(N(C)C(=O)CCc2ccccc2OC(F)(F)F)CC1. The molecule has 0 radical (unpaired) electrons. The number of hydrogen-bond donors (Lipinski definition) is 0. The van der Waals surface area contributed by atoms with Crippen LogP contribution >= 0.6 is 0 Å². The van der Waals surface area contributed by atoms with Crippen molar-refractivity contribution in [3.63, 3.8) is 0 Å². The molecule has 1 aliphatic heterocycles. The van der Waals surface area contributed by atoms with Gasteiger partial charge >= 0.3 is 6.36 Å². The zero-order valence-corrected chi connectivity index (χ0v) is 14.0. The van der Waals surface area contributed by atoms with Crippen LogP contribution in [0.15, 0.2) is 24.3 Å². The van der Waals surface area contributed by atoms with Gasteiger partial charge in [-0.3, -0.25) is 4.79 Å². The van der Waals surface area contributed by atoms with Crippen molar-refractivity contribution in [3.05, 3.63) is 29.8 Å². The van der Waals surface area contributed by atoms with Gasteiger partial charge in [-0.25, -0.2) is 0 Å². The predicted octanol–water partition coefficient (Wildman–Crippen LogP) is 3.07. The standard InChI is InChI=1S/C17H23F3N2O2/c1-21-11-9-14(10-12-21)22(2)16(23)8-7-13-5-3-4-6-15(13)24-17(18,19)20/h3-6,14H,7-12H2,1-2H3. The Kier molecular flexibility index (Phi) is 6.10. The van der Waals surface area contributed by atoms with Gasteiger partial charge in [0.1, 0.15) is 5.75 Å². The van der Waals surface area contributed by atoms with Crippen molar-refractivity contribution in [2.24, 2.45) is 0 Å². The van der Waals surface area contributed by atoms with Gasteiger partial charge in [0.15, 0.2) is 0 Å². The summed E-state index contributed by atoms with van der Waals surface area (Å²) in [5.74, 6) is -0.286. The van der Waals surface area contributed by atoms with Crippen molar-refractivity contribution < 1.29 is 22.7 Å². The molecule has 1 aliphatic rings. The summed E-state index contributed by atoms with van der Waals surface area (Å²) in [5.41, 5.74) is 0.389. The number of piperidine rings is 1. The zero-order valence-electron chi connectivity index (χ0n) is 14.0. The van der Waals surface area contributed by atoms with E-state index < -0.39 is 6.36 Å². The number of rotatable bonds is 5. The molecule has 1 amide bonds. The lowest BCUT2D eigenvalue weighted by Gasteiger charge is -2.35. The molecule has 0 N–H and O–H groups in total. The van der Waals surface area contributed by atoms with E-state index in [0.29, 0.717) is 5.56 Å². The van der Waals surface area contributed by atoms with Gasteiger partial charge in [-0.1, -0.05) is 18.2 Å². The third-order valence-electron chi connectivity index (χ3n) is 4.44. The first kappa shape index (κ1) is 18.6. The van der Waals surface area contributed by atoms with Crippen LogP contribution in [0.3, 0.4) is 0 Å². The van der Waals surface area contributed by atoms with Gasteiger partial charge in [-0.05, 0) is 51.0 Å². The van der Waals surface area contributed by atoms with E-state index in [2.05, 4.69) is 16.7 Å². The molecular weight excluding hydrogens is 321 g/mol. The zero-order chi connectivity index (χ0) is 17.7. The van der Waals surface area contributed by atoms with Crippen LogP contribution in [0.2, 0.25) is 0 Å².